The zero-order valence-corrected chi connectivity index (χ0v) is 12.0. The van der Waals surface area contributed by atoms with E-state index in [0.717, 1.165) is 11.4 Å². The van der Waals surface area contributed by atoms with Crippen molar-refractivity contribution in [1.82, 2.24) is 0 Å². The van der Waals surface area contributed by atoms with Crippen molar-refractivity contribution < 1.29 is 15.0 Å². The van der Waals surface area contributed by atoms with E-state index in [1.165, 1.54) is 13.0 Å². The molecule has 19 heavy (non-hydrogen) atoms. The molecule has 0 saturated heterocycles. The first-order chi connectivity index (χ1) is 8.83. The first-order valence-electron chi connectivity index (χ1n) is 5.13. The van der Waals surface area contributed by atoms with Crippen LogP contribution in [0.3, 0.4) is 0 Å². The summed E-state index contributed by atoms with van der Waals surface area (Å²) < 4.78 is 8.08. The lowest BCUT2D eigenvalue weighted by Crippen LogP contribution is -2.41. The Labute approximate surface area is 122 Å². The molecule has 1 atom stereocenters. The van der Waals surface area contributed by atoms with Crippen LogP contribution in [-0.4, -0.2) is 28.3 Å². The molecule has 0 fully saturated rings. The van der Waals surface area contributed by atoms with Gasteiger partial charge in [0.15, 0.2) is 5.60 Å². The smallest absolute Gasteiger partial charge is 0.337 e. The van der Waals surface area contributed by atoms with Crippen molar-refractivity contribution in [2.24, 2.45) is 8.73 Å². The van der Waals surface area contributed by atoms with E-state index in [9.17, 15) is 9.90 Å². The number of nitrogens with one attached hydrogen (secondary N) is 1. The van der Waals surface area contributed by atoms with Gasteiger partial charge in [-0.25, -0.2) is 4.79 Å². The third kappa shape index (κ3) is 2.74. The topological polar surface area (TPSA) is 94.3 Å². The maximum absolute atomic E-state index is 10.8. The summed E-state index contributed by atoms with van der Waals surface area (Å²) in [6, 6.07) is 1.49. The molecular formula is C10H9Cl2N3O3S. The van der Waals surface area contributed by atoms with Crippen LogP contribution >= 0.6 is 23.2 Å². The van der Waals surface area contributed by atoms with Crippen molar-refractivity contribution in [3.8, 4) is 0 Å². The molecule has 3 N–H and O–H groups in total. The Bertz CT molecular complexity index is 627. The number of carboxylic acid groups (broad SMARTS) is 1. The third-order valence-corrected chi connectivity index (χ3v) is 3.63. The first kappa shape index (κ1) is 14.3. The van der Waals surface area contributed by atoms with E-state index >= 15 is 0 Å². The van der Waals surface area contributed by atoms with Gasteiger partial charge in [-0.15, -0.1) is 0 Å². The number of anilines is 1. The van der Waals surface area contributed by atoms with E-state index in [0.29, 0.717) is 22.1 Å². The average Bonchev–Trinajstić information content (AvgIpc) is 2.77. The number of aliphatic carboxylic acids is 1. The monoisotopic (exact) mass is 321 g/mol. The van der Waals surface area contributed by atoms with Crippen LogP contribution in [0.4, 0.5) is 17.1 Å². The van der Waals surface area contributed by atoms with E-state index in [-0.39, 0.29) is 11.6 Å². The van der Waals surface area contributed by atoms with Gasteiger partial charge in [-0.1, -0.05) is 23.2 Å². The Morgan fingerprint density at radius 2 is 2.05 bits per heavy atom. The molecule has 0 radical (unpaired) electrons. The maximum atomic E-state index is 10.8. The lowest BCUT2D eigenvalue weighted by atomic mass is 10.1. The summed E-state index contributed by atoms with van der Waals surface area (Å²) in [6.45, 7) is 0.957. The predicted octanol–water partition coefficient (Wildman–Crippen LogP) is 2.97. The van der Waals surface area contributed by atoms with Crippen molar-refractivity contribution in [2.45, 2.75) is 12.5 Å². The van der Waals surface area contributed by atoms with E-state index in [4.69, 9.17) is 28.3 Å². The quantitative estimate of drug-likeness (QED) is 0.806. The number of carboxylic acids is 1. The van der Waals surface area contributed by atoms with Gasteiger partial charge in [-0.05, 0) is 13.0 Å². The van der Waals surface area contributed by atoms with Crippen molar-refractivity contribution in [3.05, 3.63) is 16.1 Å². The molecule has 0 aromatic heterocycles. The van der Waals surface area contributed by atoms with Gasteiger partial charge in [0.1, 0.15) is 11.4 Å². The molecule has 6 nitrogen and oxygen atoms in total. The fourth-order valence-electron chi connectivity index (χ4n) is 1.38. The average molecular weight is 322 g/mol. The van der Waals surface area contributed by atoms with Gasteiger partial charge in [0.25, 0.3) is 0 Å². The number of hydrogen-bond donors (Lipinski definition) is 3. The minimum Gasteiger partial charge on any atom is -0.479 e. The molecule has 2 rings (SSSR count). The van der Waals surface area contributed by atoms with Crippen molar-refractivity contribution in [3.63, 3.8) is 0 Å². The summed E-state index contributed by atoms with van der Waals surface area (Å²) in [5, 5.41) is 21.9. The van der Waals surface area contributed by atoms with Crippen LogP contribution in [0.25, 0.3) is 0 Å². The minimum absolute atomic E-state index is 0.226. The summed E-state index contributed by atoms with van der Waals surface area (Å²) in [5.41, 5.74) is -0.591. The first-order valence-corrected chi connectivity index (χ1v) is 6.61. The van der Waals surface area contributed by atoms with Crippen LogP contribution in [0.5, 0.6) is 0 Å². The Morgan fingerprint density at radius 3 is 2.68 bits per heavy atom. The number of carbonyl (C=O) groups is 1. The highest BCUT2D eigenvalue weighted by molar-refractivity contribution is 7.58. The third-order valence-electron chi connectivity index (χ3n) is 2.51. The second kappa shape index (κ2) is 5.09. The number of aliphatic hydroxyl groups is 1. The summed E-state index contributed by atoms with van der Waals surface area (Å²) in [6.07, 6.45) is 0. The van der Waals surface area contributed by atoms with Crippen molar-refractivity contribution in [2.75, 3.05) is 11.9 Å². The van der Waals surface area contributed by atoms with Crippen LogP contribution in [0.15, 0.2) is 14.8 Å². The number of fused-ring (bicyclic) bond motifs is 1. The lowest BCUT2D eigenvalue weighted by molar-refractivity contribution is -0.155. The Morgan fingerprint density at radius 1 is 1.42 bits per heavy atom. The van der Waals surface area contributed by atoms with E-state index < -0.39 is 11.6 Å². The van der Waals surface area contributed by atoms with Crippen molar-refractivity contribution >= 4 is 57.6 Å². The number of halogens is 2. The van der Waals surface area contributed by atoms with Crippen LogP contribution in [0.1, 0.15) is 6.92 Å². The Hall–Kier alpha value is -1.15. The molecule has 1 aliphatic rings. The number of benzene rings is 1. The molecule has 9 heteroatoms. The highest BCUT2D eigenvalue weighted by Crippen LogP contribution is 2.47. The maximum Gasteiger partial charge on any atom is 0.337 e. The summed E-state index contributed by atoms with van der Waals surface area (Å²) in [4.78, 5) is 10.8. The highest BCUT2D eigenvalue weighted by atomic mass is 35.5. The highest BCUT2D eigenvalue weighted by Gasteiger charge is 2.30. The van der Waals surface area contributed by atoms with Gasteiger partial charge in [0.05, 0.1) is 33.6 Å². The SMILES string of the molecule is CC(O)(CNc1c(Cl)cc(Cl)c2c1N=S=N2)C(=O)O. The second-order valence-electron chi connectivity index (χ2n) is 4.11. The van der Waals surface area contributed by atoms with Gasteiger partial charge >= 0.3 is 5.97 Å². The van der Waals surface area contributed by atoms with Crippen LogP contribution in [0.2, 0.25) is 10.0 Å². The molecule has 1 unspecified atom stereocenters. The minimum atomic E-state index is -1.92. The molecule has 0 spiro atoms. The van der Waals surface area contributed by atoms with E-state index in [1.807, 2.05) is 0 Å². The molecule has 1 aliphatic heterocycles. The molecule has 0 amide bonds. The molecule has 0 saturated carbocycles. The number of nitrogens with zero attached hydrogens (tertiary/aromatic N) is 2. The van der Waals surface area contributed by atoms with Gasteiger partial charge in [0, 0.05) is 0 Å². The predicted molar refractivity (Wildman–Crippen MR) is 74.8 cm³/mol. The van der Waals surface area contributed by atoms with Gasteiger partial charge in [0.2, 0.25) is 0 Å². The molecule has 0 aliphatic carbocycles. The number of hydrogen-bond acceptors (Lipinski definition) is 5. The van der Waals surface area contributed by atoms with Crippen molar-refractivity contribution in [1.29, 1.82) is 0 Å². The van der Waals surface area contributed by atoms with Crippen LogP contribution in [0, 0.1) is 0 Å². The van der Waals surface area contributed by atoms with E-state index in [1.54, 1.807) is 0 Å². The van der Waals surface area contributed by atoms with Gasteiger partial charge < -0.3 is 15.5 Å². The molecule has 0 bridgehead atoms. The summed E-state index contributed by atoms with van der Waals surface area (Å²) in [5.74, 6) is -1.34. The standard InChI is InChI=1S/C10H9Cl2N3O3S/c1-10(18,9(16)17)3-13-6-4(11)2-5(12)7-8(6)15-19-14-7/h2,13,18H,3H2,1H3,(H,16,17). The zero-order chi connectivity index (χ0) is 14.2. The van der Waals surface area contributed by atoms with E-state index in [2.05, 4.69) is 14.0 Å². The largest absolute Gasteiger partial charge is 0.479 e. The van der Waals surface area contributed by atoms with Crippen LogP contribution in [-0.2, 0) is 16.1 Å². The molecule has 102 valence electrons. The normalized spacial score (nSPS) is 15.6. The Balaban J connectivity index is 2.31. The number of rotatable bonds is 4. The molecule has 1 heterocycles. The second-order valence-corrected chi connectivity index (χ2v) is 5.45. The van der Waals surface area contributed by atoms with Crippen LogP contribution < -0.4 is 5.32 Å². The fourth-order valence-corrected chi connectivity index (χ4v) is 2.56. The summed E-state index contributed by atoms with van der Waals surface area (Å²) in [7, 11) is 0. The summed E-state index contributed by atoms with van der Waals surface area (Å²) >= 11 is 13.0. The fraction of sp³-hybridized carbons (Fsp3) is 0.300. The zero-order valence-electron chi connectivity index (χ0n) is 9.65. The lowest BCUT2D eigenvalue weighted by Gasteiger charge is -2.20. The van der Waals surface area contributed by atoms with Gasteiger partial charge in [-0.3, -0.25) is 0 Å². The molecule has 1 aromatic rings. The van der Waals surface area contributed by atoms with Gasteiger partial charge in [-0.2, -0.15) is 8.73 Å². The molecule has 1 aromatic carbocycles. The molecular weight excluding hydrogens is 313 g/mol. The Kier molecular flexibility index (Phi) is 3.82.